The van der Waals surface area contributed by atoms with Gasteiger partial charge in [0.1, 0.15) is 9.93 Å². The molecule has 1 saturated heterocycles. The molecule has 34 heavy (non-hydrogen) atoms. The molecule has 5 rings (SSSR count). The van der Waals surface area contributed by atoms with E-state index in [2.05, 4.69) is 24.0 Å². The molecule has 0 saturated carbocycles. The molecule has 0 aliphatic carbocycles. The van der Waals surface area contributed by atoms with Crippen LogP contribution in [0.3, 0.4) is 0 Å². The van der Waals surface area contributed by atoms with Gasteiger partial charge in [0, 0.05) is 23.0 Å². The number of carbonyl (C=O) groups is 1. The molecular formula is C27H24ClN3OS2. The van der Waals surface area contributed by atoms with Gasteiger partial charge in [-0.15, -0.1) is 0 Å². The molecule has 0 atom stereocenters. The van der Waals surface area contributed by atoms with Crippen LogP contribution in [0.5, 0.6) is 0 Å². The highest BCUT2D eigenvalue weighted by Crippen LogP contribution is 2.51. The van der Waals surface area contributed by atoms with Crippen molar-refractivity contribution in [2.45, 2.75) is 25.2 Å². The summed E-state index contributed by atoms with van der Waals surface area (Å²) in [5.74, 6) is 0.00665. The fraction of sp³-hybridized carbons (Fsp3) is 0.185. The molecular weight excluding hydrogens is 482 g/mol. The van der Waals surface area contributed by atoms with Gasteiger partial charge < -0.3 is 4.90 Å². The topological polar surface area (TPSA) is 35.9 Å². The van der Waals surface area contributed by atoms with E-state index in [0.29, 0.717) is 11.6 Å². The number of thioether (sulfide) groups is 2. The van der Waals surface area contributed by atoms with Crippen LogP contribution in [-0.4, -0.2) is 29.1 Å². The summed E-state index contributed by atoms with van der Waals surface area (Å²) in [6.45, 7) is 5.47. The van der Waals surface area contributed by atoms with E-state index in [1.807, 2.05) is 72.5 Å². The first-order chi connectivity index (χ1) is 16.5. The van der Waals surface area contributed by atoms with Crippen LogP contribution < -0.4 is 4.90 Å². The molecule has 2 aliphatic rings. The minimum Gasteiger partial charge on any atom is -0.334 e. The molecule has 0 spiro atoms. The zero-order chi connectivity index (χ0) is 23.7. The number of amidine groups is 1. The minimum absolute atomic E-state index is 0.00665. The maximum atomic E-state index is 13.8. The lowest BCUT2D eigenvalue weighted by Crippen LogP contribution is -2.32. The maximum absolute atomic E-state index is 13.8. The predicted octanol–water partition coefficient (Wildman–Crippen LogP) is 7.26. The van der Waals surface area contributed by atoms with E-state index < -0.39 is 0 Å². The van der Waals surface area contributed by atoms with E-state index >= 15 is 0 Å². The van der Waals surface area contributed by atoms with Gasteiger partial charge in [-0.25, -0.2) is 4.99 Å². The van der Waals surface area contributed by atoms with Crippen LogP contribution in [0.1, 0.15) is 18.1 Å². The third kappa shape index (κ3) is 4.63. The number of aryl methyl sites for hydroxylation is 1. The van der Waals surface area contributed by atoms with Crippen LogP contribution >= 0.6 is 35.1 Å². The Kier molecular flexibility index (Phi) is 6.73. The van der Waals surface area contributed by atoms with E-state index in [1.165, 1.54) is 17.3 Å². The zero-order valence-corrected chi connectivity index (χ0v) is 21.4. The number of hydrogen-bond acceptors (Lipinski definition) is 5. The molecule has 172 valence electrons. The van der Waals surface area contributed by atoms with Crippen molar-refractivity contribution in [3.63, 3.8) is 0 Å². The van der Waals surface area contributed by atoms with Crippen LogP contribution in [0.15, 0.2) is 92.6 Å². The van der Waals surface area contributed by atoms with Crippen LogP contribution in [0, 0.1) is 6.92 Å². The molecule has 2 heterocycles. The van der Waals surface area contributed by atoms with Gasteiger partial charge in [0.05, 0.1) is 11.4 Å². The molecule has 3 aromatic rings. The largest absolute Gasteiger partial charge is 0.334 e. The summed E-state index contributed by atoms with van der Waals surface area (Å²) in [5.41, 5.74) is 4.24. The summed E-state index contributed by atoms with van der Waals surface area (Å²) in [5, 5.41) is 2.37. The highest BCUT2D eigenvalue weighted by Gasteiger charge is 2.39. The molecule has 0 aromatic heterocycles. The second kappa shape index (κ2) is 9.90. The third-order valence-corrected chi connectivity index (χ3v) is 8.34. The lowest BCUT2D eigenvalue weighted by atomic mass is 10.1. The average molecular weight is 506 g/mol. The molecule has 3 aromatic carbocycles. The van der Waals surface area contributed by atoms with E-state index in [9.17, 15) is 4.79 Å². The molecule has 0 N–H and O–H groups in total. The Bertz CT molecular complexity index is 1310. The van der Waals surface area contributed by atoms with Gasteiger partial charge in [0.15, 0.2) is 5.17 Å². The number of aliphatic imine (C=N–C) groups is 1. The molecule has 1 amide bonds. The van der Waals surface area contributed by atoms with Gasteiger partial charge in [-0.05, 0) is 73.5 Å². The SMILES string of the molecule is CCN1C(=C2SC(=Nc3cccc(C)c3)N(CCc3ccccc3)C2=O)Sc2ccc(Cl)cc21. The smallest absolute Gasteiger partial charge is 0.269 e. The molecule has 4 nitrogen and oxygen atoms in total. The summed E-state index contributed by atoms with van der Waals surface area (Å²) in [6, 6.07) is 24.2. The number of rotatable bonds is 5. The molecule has 0 bridgehead atoms. The molecule has 2 aliphatic heterocycles. The van der Waals surface area contributed by atoms with Crippen molar-refractivity contribution >= 4 is 57.6 Å². The first-order valence-electron chi connectivity index (χ1n) is 11.2. The average Bonchev–Trinajstić information content (AvgIpc) is 3.34. The lowest BCUT2D eigenvalue weighted by molar-refractivity contribution is -0.122. The number of halogens is 1. The van der Waals surface area contributed by atoms with Crippen molar-refractivity contribution in [1.29, 1.82) is 0 Å². The first kappa shape index (κ1) is 23.1. The summed E-state index contributed by atoms with van der Waals surface area (Å²) in [4.78, 5) is 24.5. The molecule has 0 unspecified atom stereocenters. The van der Waals surface area contributed by atoms with E-state index in [0.717, 1.165) is 49.9 Å². The number of carbonyl (C=O) groups excluding carboxylic acids is 1. The first-order valence-corrected chi connectivity index (χ1v) is 13.2. The van der Waals surface area contributed by atoms with Gasteiger partial charge in [-0.1, -0.05) is 65.8 Å². The molecule has 7 heteroatoms. The van der Waals surface area contributed by atoms with E-state index in [-0.39, 0.29) is 5.91 Å². The predicted molar refractivity (Wildman–Crippen MR) is 145 cm³/mol. The Balaban J connectivity index is 1.52. The van der Waals surface area contributed by atoms with Crippen molar-refractivity contribution in [3.8, 4) is 0 Å². The molecule has 0 radical (unpaired) electrons. The Labute approximate surface area is 213 Å². The summed E-state index contributed by atoms with van der Waals surface area (Å²) >= 11 is 9.37. The second-order valence-corrected chi connectivity index (χ2v) is 10.6. The number of benzene rings is 3. The highest BCUT2D eigenvalue weighted by molar-refractivity contribution is 8.19. The summed E-state index contributed by atoms with van der Waals surface area (Å²) in [6.07, 6.45) is 0.767. The second-order valence-electron chi connectivity index (χ2n) is 8.12. The Morgan fingerprint density at radius 3 is 2.53 bits per heavy atom. The number of fused-ring (bicyclic) bond motifs is 1. The Morgan fingerprint density at radius 1 is 0.941 bits per heavy atom. The van der Waals surface area contributed by atoms with Crippen LogP contribution in [0.25, 0.3) is 0 Å². The van der Waals surface area contributed by atoms with Crippen LogP contribution in [-0.2, 0) is 11.2 Å². The van der Waals surface area contributed by atoms with Gasteiger partial charge in [-0.2, -0.15) is 0 Å². The Hall–Kier alpha value is -2.67. The minimum atomic E-state index is 0.00665. The summed E-state index contributed by atoms with van der Waals surface area (Å²) < 4.78 is 0. The normalized spacial score (nSPS) is 18.8. The van der Waals surface area contributed by atoms with Crippen molar-refractivity contribution in [2.24, 2.45) is 4.99 Å². The van der Waals surface area contributed by atoms with E-state index in [4.69, 9.17) is 16.6 Å². The lowest BCUT2D eigenvalue weighted by Gasteiger charge is -2.19. The summed E-state index contributed by atoms with van der Waals surface area (Å²) in [7, 11) is 0. The van der Waals surface area contributed by atoms with Crippen molar-refractivity contribution in [1.82, 2.24) is 4.90 Å². The number of amides is 1. The zero-order valence-electron chi connectivity index (χ0n) is 19.0. The Morgan fingerprint density at radius 2 is 1.76 bits per heavy atom. The number of hydrogen-bond donors (Lipinski definition) is 0. The molecule has 1 fully saturated rings. The fourth-order valence-corrected chi connectivity index (χ4v) is 6.61. The van der Waals surface area contributed by atoms with Gasteiger partial charge in [0.25, 0.3) is 5.91 Å². The maximum Gasteiger partial charge on any atom is 0.269 e. The van der Waals surface area contributed by atoms with Crippen molar-refractivity contribution in [2.75, 3.05) is 18.0 Å². The van der Waals surface area contributed by atoms with Gasteiger partial charge in [0.2, 0.25) is 0 Å². The number of anilines is 1. The van der Waals surface area contributed by atoms with Crippen LogP contribution in [0.4, 0.5) is 11.4 Å². The van der Waals surface area contributed by atoms with Gasteiger partial charge >= 0.3 is 0 Å². The highest BCUT2D eigenvalue weighted by atomic mass is 35.5. The quantitative estimate of drug-likeness (QED) is 0.342. The third-order valence-electron chi connectivity index (χ3n) is 5.73. The van der Waals surface area contributed by atoms with E-state index in [1.54, 1.807) is 11.8 Å². The van der Waals surface area contributed by atoms with Crippen LogP contribution in [0.2, 0.25) is 5.02 Å². The van der Waals surface area contributed by atoms with Crippen molar-refractivity contribution < 1.29 is 4.79 Å². The standard InChI is InChI=1S/C27H24ClN3OS2/c1-3-30-22-17-20(28)12-13-23(22)33-26(30)24-25(32)31(15-14-19-9-5-4-6-10-19)27(34-24)29-21-11-7-8-18(2)16-21/h4-13,16-17H,3,14-15H2,1-2H3. The monoisotopic (exact) mass is 505 g/mol. The van der Waals surface area contributed by atoms with Gasteiger partial charge in [-0.3, -0.25) is 9.69 Å². The number of nitrogens with zero attached hydrogens (tertiary/aromatic N) is 3. The fourth-order valence-electron chi connectivity index (χ4n) is 4.05. The van der Waals surface area contributed by atoms with Crippen molar-refractivity contribution in [3.05, 3.63) is 98.9 Å².